The Kier molecular flexibility index (Phi) is 5.11. The van der Waals surface area contributed by atoms with Gasteiger partial charge in [-0.2, -0.15) is 13.2 Å². The van der Waals surface area contributed by atoms with Gasteiger partial charge in [0.05, 0.1) is 12.2 Å². The molecule has 0 bridgehead atoms. The van der Waals surface area contributed by atoms with Crippen LogP contribution in [-0.2, 0) is 15.7 Å². The van der Waals surface area contributed by atoms with Gasteiger partial charge in [0.15, 0.2) is 0 Å². The molecular formula is C11H13F3N2O3. The number of methoxy groups -OCH3 is 1. The zero-order valence-electron chi connectivity index (χ0n) is 10.1. The van der Waals surface area contributed by atoms with Crippen molar-refractivity contribution in [3.8, 4) is 0 Å². The summed E-state index contributed by atoms with van der Waals surface area (Å²) in [6, 6.07) is 1.65. The van der Waals surface area contributed by atoms with E-state index in [2.05, 4.69) is 4.98 Å². The number of alkyl halides is 3. The number of hydrogen-bond acceptors (Lipinski definition) is 4. The third kappa shape index (κ3) is 4.74. The third-order valence-corrected chi connectivity index (χ3v) is 2.29. The van der Waals surface area contributed by atoms with Crippen LogP contribution in [0.3, 0.4) is 0 Å². The minimum Gasteiger partial charge on any atom is -0.480 e. The number of pyridine rings is 1. The van der Waals surface area contributed by atoms with Gasteiger partial charge in [0, 0.05) is 19.9 Å². The molecule has 0 spiro atoms. The van der Waals surface area contributed by atoms with Crippen LogP contribution in [0.4, 0.5) is 19.0 Å². The molecule has 1 aromatic rings. The van der Waals surface area contributed by atoms with Gasteiger partial charge in [0.1, 0.15) is 12.4 Å². The fourth-order valence-corrected chi connectivity index (χ4v) is 1.41. The molecule has 0 unspecified atom stereocenters. The van der Waals surface area contributed by atoms with E-state index >= 15 is 0 Å². The number of ether oxygens (including phenoxy) is 1. The summed E-state index contributed by atoms with van der Waals surface area (Å²) in [5, 5.41) is 8.74. The summed E-state index contributed by atoms with van der Waals surface area (Å²) >= 11 is 0. The highest BCUT2D eigenvalue weighted by Gasteiger charge is 2.31. The number of halogens is 3. The minimum absolute atomic E-state index is 0.0470. The molecular weight excluding hydrogens is 265 g/mol. The van der Waals surface area contributed by atoms with E-state index in [4.69, 9.17) is 9.84 Å². The summed E-state index contributed by atoms with van der Waals surface area (Å²) in [5.41, 5.74) is -0.870. The van der Waals surface area contributed by atoms with Crippen LogP contribution < -0.4 is 4.90 Å². The molecule has 0 aliphatic carbocycles. The van der Waals surface area contributed by atoms with Crippen molar-refractivity contribution < 1.29 is 27.8 Å². The molecule has 1 aromatic heterocycles. The number of carbonyl (C=O) groups is 1. The first-order valence-corrected chi connectivity index (χ1v) is 5.33. The van der Waals surface area contributed by atoms with Crippen molar-refractivity contribution in [1.82, 2.24) is 4.98 Å². The molecule has 0 amide bonds. The highest BCUT2D eigenvalue weighted by atomic mass is 19.4. The molecule has 19 heavy (non-hydrogen) atoms. The molecule has 0 aromatic carbocycles. The highest BCUT2D eigenvalue weighted by Crippen LogP contribution is 2.30. The van der Waals surface area contributed by atoms with E-state index in [0.717, 1.165) is 18.3 Å². The van der Waals surface area contributed by atoms with Crippen LogP contribution in [0, 0.1) is 0 Å². The number of rotatable bonds is 6. The maximum absolute atomic E-state index is 12.6. The lowest BCUT2D eigenvalue weighted by molar-refractivity contribution is -0.137. The van der Waals surface area contributed by atoms with Crippen molar-refractivity contribution in [3.05, 3.63) is 23.9 Å². The lowest BCUT2D eigenvalue weighted by Crippen LogP contribution is -2.33. The van der Waals surface area contributed by atoms with Gasteiger partial charge in [0.25, 0.3) is 0 Å². The Morgan fingerprint density at radius 3 is 2.74 bits per heavy atom. The number of hydrogen-bond donors (Lipinski definition) is 1. The van der Waals surface area contributed by atoms with Gasteiger partial charge in [-0.3, -0.25) is 4.79 Å². The van der Waals surface area contributed by atoms with Gasteiger partial charge in [-0.05, 0) is 12.1 Å². The van der Waals surface area contributed by atoms with E-state index in [1.807, 2.05) is 0 Å². The maximum Gasteiger partial charge on any atom is 0.416 e. The minimum atomic E-state index is -4.49. The van der Waals surface area contributed by atoms with Crippen LogP contribution in [0.1, 0.15) is 5.56 Å². The Morgan fingerprint density at radius 1 is 1.53 bits per heavy atom. The SMILES string of the molecule is COCCN(CC(=O)O)c1cc(C(F)(F)F)ccn1. The largest absolute Gasteiger partial charge is 0.480 e. The van der Waals surface area contributed by atoms with Gasteiger partial charge >= 0.3 is 12.1 Å². The van der Waals surface area contributed by atoms with E-state index in [9.17, 15) is 18.0 Å². The zero-order chi connectivity index (χ0) is 14.5. The number of aromatic nitrogens is 1. The molecule has 8 heteroatoms. The third-order valence-electron chi connectivity index (χ3n) is 2.29. The van der Waals surface area contributed by atoms with Crippen LogP contribution in [0.2, 0.25) is 0 Å². The van der Waals surface area contributed by atoms with Crippen molar-refractivity contribution >= 4 is 11.8 Å². The first kappa shape index (κ1) is 15.2. The molecule has 0 aliphatic rings. The van der Waals surface area contributed by atoms with E-state index in [1.165, 1.54) is 12.0 Å². The van der Waals surface area contributed by atoms with Gasteiger partial charge in [-0.25, -0.2) is 4.98 Å². The smallest absolute Gasteiger partial charge is 0.416 e. The average Bonchev–Trinajstić information content (AvgIpc) is 2.33. The monoisotopic (exact) mass is 278 g/mol. The molecule has 0 saturated heterocycles. The lowest BCUT2D eigenvalue weighted by Gasteiger charge is -2.22. The van der Waals surface area contributed by atoms with E-state index in [1.54, 1.807) is 0 Å². The van der Waals surface area contributed by atoms with Crippen LogP contribution in [0.5, 0.6) is 0 Å². The summed E-state index contributed by atoms with van der Waals surface area (Å²) in [5.74, 6) is -1.20. The standard InChI is InChI=1S/C11H13F3N2O3/c1-19-5-4-16(7-10(17)18)9-6-8(2-3-15-9)11(12,13)14/h2-3,6H,4-5,7H2,1H3,(H,17,18). The van der Waals surface area contributed by atoms with Crippen molar-refractivity contribution in [2.24, 2.45) is 0 Å². The van der Waals surface area contributed by atoms with E-state index in [0.29, 0.717) is 0 Å². The lowest BCUT2D eigenvalue weighted by atomic mass is 10.2. The van der Waals surface area contributed by atoms with Crippen LogP contribution in [0.25, 0.3) is 0 Å². The van der Waals surface area contributed by atoms with E-state index in [-0.39, 0.29) is 19.0 Å². The van der Waals surface area contributed by atoms with Crippen LogP contribution in [-0.4, -0.2) is 42.9 Å². The second kappa shape index (κ2) is 6.37. The Balaban J connectivity index is 2.97. The highest BCUT2D eigenvalue weighted by molar-refractivity contribution is 5.73. The molecule has 106 valence electrons. The number of anilines is 1. The molecule has 1 heterocycles. The predicted octanol–water partition coefficient (Wildman–Crippen LogP) is 1.64. The molecule has 1 N–H and O–H groups in total. The Bertz CT molecular complexity index is 437. The Hall–Kier alpha value is -1.83. The molecule has 0 saturated carbocycles. The van der Waals surface area contributed by atoms with Crippen molar-refractivity contribution in [2.75, 3.05) is 31.7 Å². The number of carboxylic acids is 1. The van der Waals surface area contributed by atoms with Gasteiger partial charge < -0.3 is 14.7 Å². The van der Waals surface area contributed by atoms with Crippen molar-refractivity contribution in [3.63, 3.8) is 0 Å². The number of nitrogens with zero attached hydrogens (tertiary/aromatic N) is 2. The molecule has 1 rings (SSSR count). The summed E-state index contributed by atoms with van der Waals surface area (Å²) in [6.45, 7) is -0.125. The zero-order valence-corrected chi connectivity index (χ0v) is 10.1. The number of carboxylic acid groups (broad SMARTS) is 1. The molecule has 0 radical (unpaired) electrons. The maximum atomic E-state index is 12.6. The second-order valence-corrected chi connectivity index (χ2v) is 3.71. The van der Waals surface area contributed by atoms with Gasteiger partial charge in [0.2, 0.25) is 0 Å². The quantitative estimate of drug-likeness (QED) is 0.857. The fourth-order valence-electron chi connectivity index (χ4n) is 1.41. The molecule has 0 aliphatic heterocycles. The normalized spacial score (nSPS) is 11.4. The first-order chi connectivity index (χ1) is 8.84. The van der Waals surface area contributed by atoms with Crippen LogP contribution >= 0.6 is 0 Å². The number of aliphatic carboxylic acids is 1. The first-order valence-electron chi connectivity index (χ1n) is 5.33. The van der Waals surface area contributed by atoms with Crippen LogP contribution in [0.15, 0.2) is 18.3 Å². The summed E-state index contributed by atoms with van der Waals surface area (Å²) < 4.78 is 42.5. The second-order valence-electron chi connectivity index (χ2n) is 3.71. The topological polar surface area (TPSA) is 62.7 Å². The van der Waals surface area contributed by atoms with Gasteiger partial charge in [-0.1, -0.05) is 0 Å². The predicted molar refractivity (Wildman–Crippen MR) is 61.0 cm³/mol. The fraction of sp³-hybridized carbons (Fsp3) is 0.455. The average molecular weight is 278 g/mol. The molecule has 0 atom stereocenters. The summed E-state index contributed by atoms with van der Waals surface area (Å²) in [6.07, 6.45) is -3.49. The molecule has 0 fully saturated rings. The Labute approximate surface area is 107 Å². The van der Waals surface area contributed by atoms with Crippen molar-refractivity contribution in [2.45, 2.75) is 6.18 Å². The van der Waals surface area contributed by atoms with Crippen molar-refractivity contribution in [1.29, 1.82) is 0 Å². The summed E-state index contributed by atoms with van der Waals surface area (Å²) in [4.78, 5) is 15.7. The van der Waals surface area contributed by atoms with Gasteiger partial charge in [-0.15, -0.1) is 0 Å². The van der Waals surface area contributed by atoms with E-state index < -0.39 is 24.3 Å². The summed E-state index contributed by atoms with van der Waals surface area (Å²) in [7, 11) is 1.42. The molecule has 5 nitrogen and oxygen atoms in total. The Morgan fingerprint density at radius 2 is 2.21 bits per heavy atom.